The molecule has 0 aliphatic heterocycles. The quantitative estimate of drug-likeness (QED) is 0.515. The van der Waals surface area contributed by atoms with Crippen molar-refractivity contribution in [3.8, 4) is 0 Å². The number of rotatable bonds is 7. The number of carbonyl (C=O) groups excluding carboxylic acids is 2. The Morgan fingerprint density at radius 1 is 1.44 bits per heavy atom. The molecule has 3 nitrogen and oxygen atoms in total. The summed E-state index contributed by atoms with van der Waals surface area (Å²) < 4.78 is 5.02. The first-order valence-corrected chi connectivity index (χ1v) is 6.62. The normalized spacial score (nSPS) is 19.3. The SMILES string of the molecule is C=CC(=C)COC(=O)CCCC1CCCCC1=O. The first-order chi connectivity index (χ1) is 8.63. The van der Waals surface area contributed by atoms with E-state index in [9.17, 15) is 9.59 Å². The molecule has 0 bridgehead atoms. The molecule has 0 N–H and O–H groups in total. The zero-order chi connectivity index (χ0) is 13.4. The smallest absolute Gasteiger partial charge is 0.306 e. The largest absolute Gasteiger partial charge is 0.461 e. The molecule has 0 aromatic rings. The van der Waals surface area contributed by atoms with Crippen LogP contribution >= 0.6 is 0 Å². The highest BCUT2D eigenvalue weighted by Crippen LogP contribution is 2.24. The molecule has 1 aliphatic rings. The lowest BCUT2D eigenvalue weighted by Gasteiger charge is -2.19. The summed E-state index contributed by atoms with van der Waals surface area (Å²) in [7, 11) is 0. The third-order valence-electron chi connectivity index (χ3n) is 3.32. The van der Waals surface area contributed by atoms with Gasteiger partial charge in [0.25, 0.3) is 0 Å². The Balaban J connectivity index is 2.13. The maximum Gasteiger partial charge on any atom is 0.306 e. The maximum absolute atomic E-state index is 11.6. The van der Waals surface area contributed by atoms with Gasteiger partial charge in [-0.2, -0.15) is 0 Å². The van der Waals surface area contributed by atoms with Crippen molar-refractivity contribution in [3.05, 3.63) is 24.8 Å². The van der Waals surface area contributed by atoms with Gasteiger partial charge in [-0.1, -0.05) is 25.7 Å². The topological polar surface area (TPSA) is 43.4 Å². The van der Waals surface area contributed by atoms with Gasteiger partial charge in [0.15, 0.2) is 0 Å². The third-order valence-corrected chi connectivity index (χ3v) is 3.32. The van der Waals surface area contributed by atoms with Gasteiger partial charge in [0, 0.05) is 18.8 Å². The van der Waals surface area contributed by atoms with Crippen LogP contribution in [0.3, 0.4) is 0 Å². The number of ether oxygens (including phenoxy) is 1. The minimum absolute atomic E-state index is 0.176. The van der Waals surface area contributed by atoms with Crippen LogP contribution in [0.25, 0.3) is 0 Å². The van der Waals surface area contributed by atoms with E-state index in [0.29, 0.717) is 24.2 Å². The molecule has 0 amide bonds. The van der Waals surface area contributed by atoms with E-state index in [2.05, 4.69) is 13.2 Å². The molecule has 18 heavy (non-hydrogen) atoms. The molecule has 0 saturated heterocycles. The summed E-state index contributed by atoms with van der Waals surface area (Å²) in [6.45, 7) is 7.42. The maximum atomic E-state index is 11.6. The molecule has 1 aliphatic carbocycles. The summed E-state index contributed by atoms with van der Waals surface area (Å²) in [5.41, 5.74) is 0.700. The van der Waals surface area contributed by atoms with E-state index in [4.69, 9.17) is 4.74 Å². The molecule has 0 heterocycles. The second-order valence-electron chi connectivity index (χ2n) is 4.82. The number of hydrogen-bond acceptors (Lipinski definition) is 3. The van der Waals surface area contributed by atoms with Crippen LogP contribution in [-0.2, 0) is 14.3 Å². The molecule has 0 spiro atoms. The van der Waals surface area contributed by atoms with Gasteiger partial charge in [0.05, 0.1) is 0 Å². The zero-order valence-electron chi connectivity index (χ0n) is 11.0. The Kier molecular flexibility index (Phi) is 6.40. The summed E-state index contributed by atoms with van der Waals surface area (Å²) in [6.07, 6.45) is 7.38. The molecule has 1 saturated carbocycles. The standard InChI is InChI=1S/C15H22O3/c1-3-12(2)11-18-15(17)10-6-8-13-7-4-5-9-14(13)16/h3,13H,1-2,4-11H2. The molecule has 1 fully saturated rings. The van der Waals surface area contributed by atoms with Crippen LogP contribution in [0.2, 0.25) is 0 Å². The first-order valence-electron chi connectivity index (χ1n) is 6.62. The van der Waals surface area contributed by atoms with Crippen molar-refractivity contribution in [1.82, 2.24) is 0 Å². The number of hydrogen-bond donors (Lipinski definition) is 0. The Morgan fingerprint density at radius 3 is 2.89 bits per heavy atom. The van der Waals surface area contributed by atoms with E-state index in [1.807, 2.05) is 0 Å². The second-order valence-corrected chi connectivity index (χ2v) is 4.82. The van der Waals surface area contributed by atoms with E-state index in [-0.39, 0.29) is 18.5 Å². The Labute approximate surface area is 109 Å². The molecule has 0 aromatic carbocycles. The van der Waals surface area contributed by atoms with Gasteiger partial charge in [-0.25, -0.2) is 0 Å². The average Bonchev–Trinajstić information content (AvgIpc) is 2.38. The molecular weight excluding hydrogens is 228 g/mol. The number of esters is 1. The second kappa shape index (κ2) is 7.85. The van der Waals surface area contributed by atoms with Crippen LogP contribution in [0.1, 0.15) is 44.9 Å². The lowest BCUT2D eigenvalue weighted by molar-refractivity contribution is -0.143. The Hall–Kier alpha value is -1.38. The lowest BCUT2D eigenvalue weighted by Crippen LogP contribution is -2.19. The van der Waals surface area contributed by atoms with E-state index in [1.165, 1.54) is 0 Å². The summed E-state index contributed by atoms with van der Waals surface area (Å²) in [5.74, 6) is 0.325. The molecule has 1 rings (SSSR count). The first kappa shape index (κ1) is 14.7. The van der Waals surface area contributed by atoms with Crippen molar-refractivity contribution in [2.45, 2.75) is 44.9 Å². The number of ketones is 1. The minimum Gasteiger partial charge on any atom is -0.461 e. The lowest BCUT2D eigenvalue weighted by atomic mass is 9.84. The summed E-state index contributed by atoms with van der Waals surface area (Å²) in [4.78, 5) is 23.0. The van der Waals surface area contributed by atoms with Gasteiger partial charge in [0.1, 0.15) is 12.4 Å². The fourth-order valence-corrected chi connectivity index (χ4v) is 2.16. The van der Waals surface area contributed by atoms with Crippen LogP contribution in [0.4, 0.5) is 0 Å². The predicted molar refractivity (Wildman–Crippen MR) is 71.1 cm³/mol. The van der Waals surface area contributed by atoms with E-state index < -0.39 is 0 Å². The fourth-order valence-electron chi connectivity index (χ4n) is 2.16. The zero-order valence-corrected chi connectivity index (χ0v) is 11.0. The van der Waals surface area contributed by atoms with Crippen molar-refractivity contribution in [3.63, 3.8) is 0 Å². The van der Waals surface area contributed by atoms with Crippen LogP contribution in [0.5, 0.6) is 0 Å². The van der Waals surface area contributed by atoms with Gasteiger partial charge in [-0.3, -0.25) is 9.59 Å². The molecule has 3 heteroatoms. The van der Waals surface area contributed by atoms with Gasteiger partial charge in [-0.05, 0) is 31.3 Å². The summed E-state index contributed by atoms with van der Waals surface area (Å²) in [6, 6.07) is 0. The van der Waals surface area contributed by atoms with Crippen molar-refractivity contribution in [2.75, 3.05) is 6.61 Å². The van der Waals surface area contributed by atoms with Crippen LogP contribution in [0, 0.1) is 5.92 Å². The number of carbonyl (C=O) groups is 2. The molecule has 100 valence electrons. The van der Waals surface area contributed by atoms with Crippen molar-refractivity contribution in [1.29, 1.82) is 0 Å². The highest BCUT2D eigenvalue weighted by atomic mass is 16.5. The van der Waals surface area contributed by atoms with E-state index in [0.717, 1.165) is 32.1 Å². The monoisotopic (exact) mass is 250 g/mol. The summed E-state index contributed by atoms with van der Waals surface area (Å²) >= 11 is 0. The van der Waals surface area contributed by atoms with E-state index in [1.54, 1.807) is 6.08 Å². The van der Waals surface area contributed by atoms with Gasteiger partial charge < -0.3 is 4.74 Å². The molecule has 0 aromatic heterocycles. The highest BCUT2D eigenvalue weighted by molar-refractivity contribution is 5.81. The van der Waals surface area contributed by atoms with Crippen LogP contribution < -0.4 is 0 Å². The average molecular weight is 250 g/mol. The van der Waals surface area contributed by atoms with Gasteiger partial charge in [-0.15, -0.1) is 0 Å². The summed E-state index contributed by atoms with van der Waals surface area (Å²) in [5, 5.41) is 0. The fraction of sp³-hybridized carbons (Fsp3) is 0.600. The minimum atomic E-state index is -0.221. The van der Waals surface area contributed by atoms with Crippen molar-refractivity contribution in [2.24, 2.45) is 5.92 Å². The van der Waals surface area contributed by atoms with Crippen molar-refractivity contribution >= 4 is 11.8 Å². The third kappa shape index (κ3) is 5.30. The van der Waals surface area contributed by atoms with Crippen LogP contribution in [-0.4, -0.2) is 18.4 Å². The van der Waals surface area contributed by atoms with Gasteiger partial charge in [0.2, 0.25) is 0 Å². The predicted octanol–water partition coefficient (Wildman–Crippen LogP) is 3.20. The Bertz CT molecular complexity index is 331. The number of Topliss-reactive ketones (excluding diaryl/α,β-unsaturated/α-hetero) is 1. The van der Waals surface area contributed by atoms with E-state index >= 15 is 0 Å². The molecule has 1 unspecified atom stereocenters. The molecule has 0 radical (unpaired) electrons. The van der Waals surface area contributed by atoms with Crippen molar-refractivity contribution < 1.29 is 14.3 Å². The van der Waals surface area contributed by atoms with Crippen LogP contribution in [0.15, 0.2) is 24.8 Å². The Morgan fingerprint density at radius 2 is 2.22 bits per heavy atom. The highest BCUT2D eigenvalue weighted by Gasteiger charge is 2.21. The molecule has 1 atom stereocenters. The van der Waals surface area contributed by atoms with Gasteiger partial charge >= 0.3 is 5.97 Å². The molecular formula is C15H22O3.